The molecule has 3 rings (SSSR count). The van der Waals surface area contributed by atoms with Crippen LogP contribution in [0.1, 0.15) is 34.1 Å². The molecule has 2 nitrogen and oxygen atoms in total. The Morgan fingerprint density at radius 2 is 2.05 bits per heavy atom. The van der Waals surface area contributed by atoms with Gasteiger partial charge in [-0.25, -0.2) is 0 Å². The number of nitrogens with zero attached hydrogens (tertiary/aromatic N) is 1. The second kappa shape index (κ2) is 5.10. The van der Waals surface area contributed by atoms with E-state index < -0.39 is 0 Å². The van der Waals surface area contributed by atoms with Crippen LogP contribution in [-0.2, 0) is 0 Å². The molecular weight excluding hydrogens is 258 g/mol. The summed E-state index contributed by atoms with van der Waals surface area (Å²) in [6.07, 6.45) is 5.61. The van der Waals surface area contributed by atoms with Crippen LogP contribution in [0.5, 0.6) is 5.75 Å². The van der Waals surface area contributed by atoms with Gasteiger partial charge in [-0.1, -0.05) is 17.7 Å². The van der Waals surface area contributed by atoms with Crippen LogP contribution in [0.4, 0.5) is 0 Å². The Morgan fingerprint density at radius 3 is 2.76 bits per heavy atom. The minimum absolute atomic E-state index is 0.352. The lowest BCUT2D eigenvalue weighted by atomic mass is 9.85. The van der Waals surface area contributed by atoms with Gasteiger partial charge in [-0.3, -0.25) is 0 Å². The van der Waals surface area contributed by atoms with Gasteiger partial charge in [0.15, 0.2) is 0 Å². The molecule has 1 atom stereocenters. The molecule has 1 unspecified atom stereocenters. The predicted octanol–water partition coefficient (Wildman–Crippen LogP) is 2.67. The zero-order chi connectivity index (χ0) is 15.1. The van der Waals surface area contributed by atoms with Crippen molar-refractivity contribution in [2.45, 2.75) is 40.2 Å². The molecule has 2 aliphatic rings. The molecule has 110 valence electrons. The van der Waals surface area contributed by atoms with Crippen LogP contribution in [0.3, 0.4) is 0 Å². The van der Waals surface area contributed by atoms with Crippen LogP contribution >= 0.6 is 0 Å². The number of allylic oxidation sites excluding steroid dienone is 3. The average Bonchev–Trinajstić information content (AvgIpc) is 2.43. The first-order valence-electron chi connectivity index (χ1n) is 7.58. The van der Waals surface area contributed by atoms with Crippen molar-refractivity contribution in [3.8, 4) is 5.75 Å². The van der Waals surface area contributed by atoms with Crippen molar-refractivity contribution in [1.29, 1.82) is 0 Å². The number of benzene rings is 1. The van der Waals surface area contributed by atoms with E-state index in [1.807, 2.05) is 6.07 Å². The fourth-order valence-electron chi connectivity index (χ4n) is 3.41. The molecule has 1 aliphatic carbocycles. The summed E-state index contributed by atoms with van der Waals surface area (Å²) in [5.41, 5.74) is 5.43. The normalized spacial score (nSPS) is 20.1. The SMILES string of the molecule is CC(C)=CCN1C(C)=CC2=c3cc(O)ccc3=C(C)C1C2. The fraction of sp³-hybridized carbons (Fsp3) is 0.368. The van der Waals surface area contributed by atoms with Gasteiger partial charge in [0, 0.05) is 12.2 Å². The maximum Gasteiger partial charge on any atom is 0.116 e. The van der Waals surface area contributed by atoms with Gasteiger partial charge in [-0.05, 0) is 73.9 Å². The van der Waals surface area contributed by atoms with E-state index in [0.717, 1.165) is 13.0 Å². The summed E-state index contributed by atoms with van der Waals surface area (Å²) in [7, 11) is 0. The molecule has 2 bridgehead atoms. The minimum atomic E-state index is 0.352. The zero-order valence-electron chi connectivity index (χ0n) is 13.3. The molecule has 0 saturated carbocycles. The van der Waals surface area contributed by atoms with Gasteiger partial charge in [0.2, 0.25) is 0 Å². The van der Waals surface area contributed by atoms with Crippen molar-refractivity contribution in [2.75, 3.05) is 6.54 Å². The number of phenolic OH excluding ortho intramolecular Hbond substituents is 1. The Balaban J connectivity index is 2.17. The molecule has 1 N–H and O–H groups in total. The zero-order valence-corrected chi connectivity index (χ0v) is 13.3. The summed E-state index contributed by atoms with van der Waals surface area (Å²) in [4.78, 5) is 2.49. The lowest BCUT2D eigenvalue weighted by molar-refractivity contribution is 0.320. The molecule has 1 heterocycles. The molecule has 0 fully saturated rings. The number of hydrogen-bond acceptors (Lipinski definition) is 2. The van der Waals surface area contributed by atoms with E-state index in [4.69, 9.17) is 0 Å². The number of fused-ring (bicyclic) bond motifs is 3. The van der Waals surface area contributed by atoms with Crippen molar-refractivity contribution < 1.29 is 5.11 Å². The van der Waals surface area contributed by atoms with Crippen LogP contribution in [0.25, 0.3) is 11.1 Å². The second-order valence-corrected chi connectivity index (χ2v) is 6.38. The van der Waals surface area contributed by atoms with Gasteiger partial charge in [0.25, 0.3) is 0 Å². The molecule has 1 aromatic rings. The summed E-state index contributed by atoms with van der Waals surface area (Å²) in [5, 5.41) is 12.3. The Bertz CT molecular complexity index is 763. The van der Waals surface area contributed by atoms with Crippen LogP contribution in [0, 0.1) is 0 Å². The molecule has 0 aromatic heterocycles. The van der Waals surface area contributed by atoms with E-state index >= 15 is 0 Å². The number of hydrogen-bond donors (Lipinski definition) is 1. The van der Waals surface area contributed by atoms with Gasteiger partial charge in [0.05, 0.1) is 6.04 Å². The highest BCUT2D eigenvalue weighted by Crippen LogP contribution is 2.31. The highest BCUT2D eigenvalue weighted by molar-refractivity contribution is 5.70. The monoisotopic (exact) mass is 281 g/mol. The number of phenols is 1. The molecular formula is C19H23NO. The van der Waals surface area contributed by atoms with E-state index in [9.17, 15) is 5.11 Å². The number of rotatable bonds is 2. The molecule has 0 spiro atoms. The number of aromatic hydroxyl groups is 1. The Morgan fingerprint density at radius 1 is 1.29 bits per heavy atom. The topological polar surface area (TPSA) is 23.5 Å². The lowest BCUT2D eigenvalue weighted by Crippen LogP contribution is -2.46. The van der Waals surface area contributed by atoms with Crippen LogP contribution in [0.15, 0.2) is 41.6 Å². The predicted molar refractivity (Wildman–Crippen MR) is 88.1 cm³/mol. The lowest BCUT2D eigenvalue weighted by Gasteiger charge is -2.40. The summed E-state index contributed by atoms with van der Waals surface area (Å²) in [5.74, 6) is 0.352. The Kier molecular flexibility index (Phi) is 3.40. The van der Waals surface area contributed by atoms with Crippen molar-refractivity contribution in [1.82, 2.24) is 4.90 Å². The van der Waals surface area contributed by atoms with Gasteiger partial charge in [-0.2, -0.15) is 0 Å². The fourth-order valence-corrected chi connectivity index (χ4v) is 3.41. The van der Waals surface area contributed by atoms with E-state index in [0.29, 0.717) is 11.8 Å². The molecule has 2 heteroatoms. The van der Waals surface area contributed by atoms with E-state index in [1.54, 1.807) is 6.07 Å². The molecule has 0 radical (unpaired) electrons. The third kappa shape index (κ3) is 2.39. The first-order valence-corrected chi connectivity index (χ1v) is 7.58. The van der Waals surface area contributed by atoms with Crippen molar-refractivity contribution in [2.24, 2.45) is 0 Å². The van der Waals surface area contributed by atoms with Gasteiger partial charge < -0.3 is 10.0 Å². The van der Waals surface area contributed by atoms with Crippen molar-refractivity contribution in [3.05, 3.63) is 52.1 Å². The Labute approximate surface area is 126 Å². The maximum absolute atomic E-state index is 9.77. The largest absolute Gasteiger partial charge is 0.508 e. The summed E-state index contributed by atoms with van der Waals surface area (Å²) in [6, 6.07) is 6.19. The van der Waals surface area contributed by atoms with Crippen molar-refractivity contribution >= 4 is 11.1 Å². The molecule has 1 aromatic carbocycles. The molecule has 21 heavy (non-hydrogen) atoms. The van der Waals surface area contributed by atoms with Crippen molar-refractivity contribution in [3.63, 3.8) is 0 Å². The van der Waals surface area contributed by atoms with Crippen LogP contribution in [-0.4, -0.2) is 22.6 Å². The summed E-state index contributed by atoms with van der Waals surface area (Å²) < 4.78 is 0. The first kappa shape index (κ1) is 14.0. The first-order chi connectivity index (χ1) is 9.97. The molecule has 0 saturated heterocycles. The highest BCUT2D eigenvalue weighted by atomic mass is 16.3. The average molecular weight is 281 g/mol. The molecule has 0 amide bonds. The van der Waals surface area contributed by atoms with Crippen LogP contribution < -0.4 is 10.4 Å². The quantitative estimate of drug-likeness (QED) is 0.843. The highest BCUT2D eigenvalue weighted by Gasteiger charge is 2.28. The minimum Gasteiger partial charge on any atom is -0.508 e. The Hall–Kier alpha value is -1.96. The summed E-state index contributed by atoms with van der Waals surface area (Å²) >= 11 is 0. The second-order valence-electron chi connectivity index (χ2n) is 6.38. The van der Waals surface area contributed by atoms with Crippen LogP contribution in [0.2, 0.25) is 0 Å². The van der Waals surface area contributed by atoms with Gasteiger partial charge in [-0.15, -0.1) is 0 Å². The van der Waals surface area contributed by atoms with E-state index in [1.165, 1.54) is 32.9 Å². The van der Waals surface area contributed by atoms with E-state index in [2.05, 4.69) is 50.8 Å². The molecule has 1 aliphatic heterocycles. The van der Waals surface area contributed by atoms with E-state index in [-0.39, 0.29) is 0 Å². The smallest absolute Gasteiger partial charge is 0.116 e. The maximum atomic E-state index is 9.77. The van der Waals surface area contributed by atoms with Gasteiger partial charge in [0.1, 0.15) is 5.75 Å². The third-order valence-electron chi connectivity index (χ3n) is 4.60. The van der Waals surface area contributed by atoms with Gasteiger partial charge >= 0.3 is 0 Å². The standard InChI is InChI=1S/C19H23NO/c1-12(2)7-8-20-13(3)9-15-10-19(20)14(4)17-6-5-16(21)11-18(15)17/h5-7,9,11,19,21H,8,10H2,1-4H3. The third-order valence-corrected chi connectivity index (χ3v) is 4.60. The summed E-state index contributed by atoms with van der Waals surface area (Å²) in [6.45, 7) is 9.68.